The summed E-state index contributed by atoms with van der Waals surface area (Å²) in [6.45, 7) is 6.78. The molecule has 0 radical (unpaired) electrons. The number of rotatable bonds is 5. The van der Waals surface area contributed by atoms with E-state index in [1.54, 1.807) is 0 Å². The van der Waals surface area contributed by atoms with E-state index in [0.717, 1.165) is 13.1 Å². The highest BCUT2D eigenvalue weighted by atomic mass is 15.0. The molecule has 1 N–H and O–H groups in total. The molecule has 2 rings (SSSR count). The summed E-state index contributed by atoms with van der Waals surface area (Å²) in [6.07, 6.45) is 10.3. The van der Waals surface area contributed by atoms with Crippen LogP contribution in [0.4, 0.5) is 0 Å². The fourth-order valence-corrected chi connectivity index (χ4v) is 2.88. The van der Waals surface area contributed by atoms with Gasteiger partial charge in [0, 0.05) is 30.5 Å². The second-order valence-electron chi connectivity index (χ2n) is 5.67. The highest BCUT2D eigenvalue weighted by Gasteiger charge is 2.25. The normalized spacial score (nSPS) is 19.4. The molecular weight excluding hydrogens is 208 g/mol. The van der Waals surface area contributed by atoms with Gasteiger partial charge in [-0.1, -0.05) is 26.2 Å². The fourth-order valence-electron chi connectivity index (χ4n) is 2.88. The summed E-state index contributed by atoms with van der Waals surface area (Å²) in [6, 6.07) is 4.41. The van der Waals surface area contributed by atoms with Crippen LogP contribution in [-0.4, -0.2) is 10.1 Å². The van der Waals surface area contributed by atoms with Crippen molar-refractivity contribution in [2.75, 3.05) is 0 Å². The molecule has 1 saturated carbocycles. The van der Waals surface area contributed by atoms with E-state index in [4.69, 9.17) is 0 Å². The molecule has 0 atom stereocenters. The molecule has 2 heteroatoms. The Morgan fingerprint density at radius 3 is 2.76 bits per heavy atom. The zero-order chi connectivity index (χ0) is 12.1. The monoisotopic (exact) mass is 234 g/mol. The first-order valence-electron chi connectivity index (χ1n) is 7.12. The molecule has 1 aliphatic rings. The van der Waals surface area contributed by atoms with Crippen molar-refractivity contribution < 1.29 is 0 Å². The zero-order valence-corrected chi connectivity index (χ0v) is 11.3. The van der Waals surface area contributed by atoms with Crippen LogP contribution in [-0.2, 0) is 13.1 Å². The molecule has 0 unspecified atom stereocenters. The molecule has 1 fully saturated rings. The maximum Gasteiger partial charge on any atom is 0.0364 e. The van der Waals surface area contributed by atoms with Crippen LogP contribution in [0.3, 0.4) is 0 Å². The van der Waals surface area contributed by atoms with Gasteiger partial charge < -0.3 is 9.88 Å². The lowest BCUT2D eigenvalue weighted by atomic mass is 9.83. The van der Waals surface area contributed by atoms with E-state index < -0.39 is 0 Å². The number of nitrogens with zero attached hydrogens (tertiary/aromatic N) is 1. The van der Waals surface area contributed by atoms with Crippen LogP contribution in [0.2, 0.25) is 0 Å². The van der Waals surface area contributed by atoms with E-state index in [1.165, 1.54) is 44.2 Å². The van der Waals surface area contributed by atoms with E-state index >= 15 is 0 Å². The third-order valence-corrected chi connectivity index (χ3v) is 4.04. The van der Waals surface area contributed by atoms with Crippen molar-refractivity contribution in [2.45, 2.75) is 71.0 Å². The molecule has 96 valence electrons. The first-order valence-corrected chi connectivity index (χ1v) is 7.12. The summed E-state index contributed by atoms with van der Waals surface area (Å²) >= 11 is 0. The standard InChI is InChI=1S/C15H26N2/c1-3-11-17-12-7-8-14(17)13-16-15(2)9-5-4-6-10-15/h7-8,12,16H,3-6,9-11,13H2,1-2H3. The molecule has 1 aromatic rings. The lowest BCUT2D eigenvalue weighted by molar-refractivity contribution is 0.250. The Balaban J connectivity index is 1.90. The summed E-state index contributed by atoms with van der Waals surface area (Å²) in [5.74, 6) is 0. The molecule has 0 bridgehead atoms. The Labute approximate surface area is 105 Å². The minimum Gasteiger partial charge on any atom is -0.350 e. The predicted octanol–water partition coefficient (Wildman–Crippen LogP) is 3.71. The first-order chi connectivity index (χ1) is 8.23. The average Bonchev–Trinajstić information content (AvgIpc) is 2.76. The Hall–Kier alpha value is -0.760. The highest BCUT2D eigenvalue weighted by Crippen LogP contribution is 2.27. The van der Waals surface area contributed by atoms with Gasteiger partial charge in [-0.3, -0.25) is 0 Å². The molecule has 0 aliphatic heterocycles. The van der Waals surface area contributed by atoms with Gasteiger partial charge >= 0.3 is 0 Å². The molecular formula is C15H26N2. The van der Waals surface area contributed by atoms with Crippen LogP contribution in [0.1, 0.15) is 58.1 Å². The molecule has 1 aromatic heterocycles. The van der Waals surface area contributed by atoms with Crippen LogP contribution >= 0.6 is 0 Å². The van der Waals surface area contributed by atoms with Crippen molar-refractivity contribution in [3.05, 3.63) is 24.0 Å². The molecule has 1 aliphatic carbocycles. The van der Waals surface area contributed by atoms with Crippen molar-refractivity contribution in [1.82, 2.24) is 9.88 Å². The number of aryl methyl sites for hydroxylation is 1. The van der Waals surface area contributed by atoms with Crippen LogP contribution in [0.15, 0.2) is 18.3 Å². The number of hydrogen-bond donors (Lipinski definition) is 1. The Bertz CT molecular complexity index is 334. The lowest BCUT2D eigenvalue weighted by Gasteiger charge is -2.35. The Kier molecular flexibility index (Phi) is 4.27. The van der Waals surface area contributed by atoms with Crippen molar-refractivity contribution in [3.63, 3.8) is 0 Å². The third-order valence-electron chi connectivity index (χ3n) is 4.04. The van der Waals surface area contributed by atoms with Gasteiger partial charge in [0.05, 0.1) is 0 Å². The smallest absolute Gasteiger partial charge is 0.0364 e. The van der Waals surface area contributed by atoms with Gasteiger partial charge in [-0.15, -0.1) is 0 Å². The van der Waals surface area contributed by atoms with Crippen molar-refractivity contribution in [2.24, 2.45) is 0 Å². The summed E-state index contributed by atoms with van der Waals surface area (Å²) in [5, 5.41) is 3.78. The minimum atomic E-state index is 0.375. The summed E-state index contributed by atoms with van der Waals surface area (Å²) < 4.78 is 2.37. The zero-order valence-electron chi connectivity index (χ0n) is 11.3. The van der Waals surface area contributed by atoms with Gasteiger partial charge in [0.1, 0.15) is 0 Å². The van der Waals surface area contributed by atoms with Crippen LogP contribution in [0.25, 0.3) is 0 Å². The summed E-state index contributed by atoms with van der Waals surface area (Å²) in [5.41, 5.74) is 1.80. The predicted molar refractivity (Wildman–Crippen MR) is 73.1 cm³/mol. The van der Waals surface area contributed by atoms with Gasteiger partial charge in [0.2, 0.25) is 0 Å². The largest absolute Gasteiger partial charge is 0.350 e. The molecule has 1 heterocycles. The molecule has 0 spiro atoms. The van der Waals surface area contributed by atoms with E-state index in [2.05, 4.69) is 42.1 Å². The first kappa shape index (κ1) is 12.7. The summed E-state index contributed by atoms with van der Waals surface area (Å²) in [7, 11) is 0. The summed E-state index contributed by atoms with van der Waals surface area (Å²) in [4.78, 5) is 0. The van der Waals surface area contributed by atoms with Crippen molar-refractivity contribution in [1.29, 1.82) is 0 Å². The SMILES string of the molecule is CCCn1cccc1CNC1(C)CCCCC1. The van der Waals surface area contributed by atoms with Gasteiger partial charge in [0.25, 0.3) is 0 Å². The fraction of sp³-hybridized carbons (Fsp3) is 0.733. The molecule has 17 heavy (non-hydrogen) atoms. The molecule has 0 saturated heterocycles. The Morgan fingerprint density at radius 1 is 1.29 bits per heavy atom. The Morgan fingerprint density at radius 2 is 2.06 bits per heavy atom. The molecule has 2 nitrogen and oxygen atoms in total. The number of nitrogens with one attached hydrogen (secondary N) is 1. The second-order valence-corrected chi connectivity index (χ2v) is 5.67. The van der Waals surface area contributed by atoms with Crippen LogP contribution in [0, 0.1) is 0 Å². The second kappa shape index (κ2) is 5.72. The molecule has 0 aromatic carbocycles. The van der Waals surface area contributed by atoms with Crippen molar-refractivity contribution in [3.8, 4) is 0 Å². The van der Waals surface area contributed by atoms with Gasteiger partial charge in [-0.2, -0.15) is 0 Å². The van der Waals surface area contributed by atoms with Crippen molar-refractivity contribution >= 4 is 0 Å². The maximum absolute atomic E-state index is 3.78. The van der Waals surface area contributed by atoms with E-state index in [-0.39, 0.29) is 0 Å². The number of hydrogen-bond acceptors (Lipinski definition) is 1. The van der Waals surface area contributed by atoms with E-state index in [0.29, 0.717) is 5.54 Å². The molecule has 0 amide bonds. The average molecular weight is 234 g/mol. The minimum absolute atomic E-state index is 0.375. The lowest BCUT2D eigenvalue weighted by Crippen LogP contribution is -2.43. The van der Waals surface area contributed by atoms with Gasteiger partial charge in [0.15, 0.2) is 0 Å². The van der Waals surface area contributed by atoms with Gasteiger partial charge in [-0.25, -0.2) is 0 Å². The van der Waals surface area contributed by atoms with E-state index in [1.807, 2.05) is 0 Å². The maximum atomic E-state index is 3.78. The number of aromatic nitrogens is 1. The topological polar surface area (TPSA) is 17.0 Å². The third kappa shape index (κ3) is 3.35. The van der Waals surface area contributed by atoms with Crippen LogP contribution < -0.4 is 5.32 Å². The van der Waals surface area contributed by atoms with Gasteiger partial charge in [-0.05, 0) is 38.3 Å². The highest BCUT2D eigenvalue weighted by molar-refractivity contribution is 5.07. The van der Waals surface area contributed by atoms with Crippen LogP contribution in [0.5, 0.6) is 0 Å². The quantitative estimate of drug-likeness (QED) is 0.822. The van der Waals surface area contributed by atoms with E-state index in [9.17, 15) is 0 Å².